The summed E-state index contributed by atoms with van der Waals surface area (Å²) in [4.78, 5) is 23.0. The zero-order valence-corrected chi connectivity index (χ0v) is 16.3. The lowest BCUT2D eigenvalue weighted by atomic mass is 10.2. The monoisotopic (exact) mass is 435 g/mol. The number of rotatable bonds is 5. The maximum atomic E-state index is 12.0. The van der Waals surface area contributed by atoms with Crippen LogP contribution in [-0.2, 0) is 4.79 Å². The van der Waals surface area contributed by atoms with Gasteiger partial charge >= 0.3 is 5.97 Å². The Morgan fingerprint density at radius 2 is 1.68 bits per heavy atom. The molecule has 0 radical (unpaired) electrons. The van der Waals surface area contributed by atoms with Crippen molar-refractivity contribution in [2.45, 2.75) is 0 Å². The number of furan rings is 1. The normalized spacial score (nSPS) is 11.0. The summed E-state index contributed by atoms with van der Waals surface area (Å²) in [6, 6.07) is 12.6. The van der Waals surface area contributed by atoms with Crippen LogP contribution in [0.1, 0.15) is 16.1 Å². The molecule has 0 unspecified atom stereocenters. The van der Waals surface area contributed by atoms with Crippen LogP contribution in [0, 0.1) is 0 Å². The minimum atomic E-state index is -1.14. The molecule has 0 saturated carbocycles. The Labute approximate surface area is 175 Å². The summed E-state index contributed by atoms with van der Waals surface area (Å²) < 4.78 is 5.67. The molecule has 1 heterocycles. The average molecular weight is 437 g/mol. The fourth-order valence-electron chi connectivity index (χ4n) is 2.40. The number of aromatic carboxylic acids is 1. The molecule has 0 bridgehead atoms. The quantitative estimate of drug-likeness (QED) is 0.463. The van der Waals surface area contributed by atoms with E-state index in [4.69, 9.17) is 44.3 Å². The maximum Gasteiger partial charge on any atom is 0.337 e. The first-order valence-electron chi connectivity index (χ1n) is 7.90. The number of carbonyl (C=O) groups excluding carboxylic acids is 1. The predicted octanol–water partition coefficient (Wildman–Crippen LogP) is 6.26. The summed E-state index contributed by atoms with van der Waals surface area (Å²) in [5.74, 6) is -0.554. The number of carbonyl (C=O) groups is 2. The van der Waals surface area contributed by atoms with E-state index in [1.807, 2.05) is 0 Å². The Hall–Kier alpha value is -2.73. The van der Waals surface area contributed by atoms with Crippen LogP contribution < -0.4 is 5.32 Å². The molecule has 3 aromatic rings. The molecule has 0 spiro atoms. The molecule has 0 aliphatic rings. The molecule has 0 atom stereocenters. The Bertz CT molecular complexity index is 1070. The summed E-state index contributed by atoms with van der Waals surface area (Å²) in [5.41, 5.74) is 1.05. The Balaban J connectivity index is 1.69. The fraction of sp³-hybridized carbons (Fsp3) is 0. The zero-order chi connectivity index (χ0) is 20.3. The van der Waals surface area contributed by atoms with Gasteiger partial charge in [0.15, 0.2) is 0 Å². The molecule has 5 nitrogen and oxygen atoms in total. The van der Waals surface area contributed by atoms with Gasteiger partial charge < -0.3 is 14.8 Å². The molecule has 142 valence electrons. The van der Waals surface area contributed by atoms with Gasteiger partial charge in [0, 0.05) is 27.4 Å². The van der Waals surface area contributed by atoms with Crippen molar-refractivity contribution in [3.8, 4) is 11.3 Å². The summed E-state index contributed by atoms with van der Waals surface area (Å²) in [6.07, 6.45) is 2.78. The van der Waals surface area contributed by atoms with E-state index in [1.165, 1.54) is 30.4 Å². The van der Waals surface area contributed by atoms with Crippen molar-refractivity contribution >= 4 is 58.4 Å². The maximum absolute atomic E-state index is 12.0. The van der Waals surface area contributed by atoms with Crippen LogP contribution in [0.2, 0.25) is 15.1 Å². The van der Waals surface area contributed by atoms with Crippen molar-refractivity contribution in [3.63, 3.8) is 0 Å². The lowest BCUT2D eigenvalue weighted by molar-refractivity contribution is -0.111. The average Bonchev–Trinajstić information content (AvgIpc) is 3.08. The lowest BCUT2D eigenvalue weighted by Gasteiger charge is -2.04. The molecule has 2 aromatic carbocycles. The lowest BCUT2D eigenvalue weighted by Crippen LogP contribution is -2.08. The third kappa shape index (κ3) is 4.95. The van der Waals surface area contributed by atoms with Gasteiger partial charge in [-0.15, -0.1) is 0 Å². The molecule has 0 aliphatic carbocycles. The molecule has 0 fully saturated rings. The van der Waals surface area contributed by atoms with Gasteiger partial charge in [0.05, 0.1) is 10.6 Å². The first-order valence-corrected chi connectivity index (χ1v) is 9.03. The van der Waals surface area contributed by atoms with Crippen molar-refractivity contribution in [1.82, 2.24) is 0 Å². The molecular weight excluding hydrogens is 425 g/mol. The minimum absolute atomic E-state index is 0.0325. The van der Waals surface area contributed by atoms with Crippen molar-refractivity contribution in [2.75, 3.05) is 5.32 Å². The number of amides is 1. The van der Waals surface area contributed by atoms with Crippen LogP contribution in [0.3, 0.4) is 0 Å². The van der Waals surface area contributed by atoms with Gasteiger partial charge in [-0.2, -0.15) is 0 Å². The molecule has 0 aliphatic heterocycles. The predicted molar refractivity (Wildman–Crippen MR) is 110 cm³/mol. The first-order chi connectivity index (χ1) is 13.3. The van der Waals surface area contributed by atoms with Crippen LogP contribution in [0.15, 0.2) is 59.0 Å². The van der Waals surface area contributed by atoms with Gasteiger partial charge in [0.2, 0.25) is 5.91 Å². The third-order valence-corrected chi connectivity index (χ3v) is 4.39. The third-order valence-electron chi connectivity index (χ3n) is 3.64. The Kier molecular flexibility index (Phi) is 6.09. The van der Waals surface area contributed by atoms with E-state index < -0.39 is 11.9 Å². The summed E-state index contributed by atoms with van der Waals surface area (Å²) in [7, 11) is 0. The van der Waals surface area contributed by atoms with Gasteiger partial charge in [0.1, 0.15) is 11.5 Å². The first kappa shape index (κ1) is 20.0. The molecule has 28 heavy (non-hydrogen) atoms. The SMILES string of the molecule is O=C(/C=C/c1ccc(-c2cc(Cl)cc(Cl)c2)o1)Nc1ccc(C(=O)O)c(Cl)c1. The molecule has 1 amide bonds. The molecule has 2 N–H and O–H groups in total. The van der Waals surface area contributed by atoms with Gasteiger partial charge in [0.25, 0.3) is 0 Å². The highest BCUT2D eigenvalue weighted by Crippen LogP contribution is 2.29. The summed E-state index contributed by atoms with van der Waals surface area (Å²) in [6.45, 7) is 0. The van der Waals surface area contributed by atoms with Crippen molar-refractivity contribution in [3.05, 3.63) is 81.0 Å². The number of hydrogen-bond donors (Lipinski definition) is 2. The number of halogens is 3. The number of carboxylic acids is 1. The van der Waals surface area contributed by atoms with Crippen LogP contribution in [0.25, 0.3) is 17.4 Å². The van der Waals surface area contributed by atoms with Crippen LogP contribution in [-0.4, -0.2) is 17.0 Å². The Morgan fingerprint density at radius 3 is 2.32 bits per heavy atom. The number of benzene rings is 2. The van der Waals surface area contributed by atoms with Crippen molar-refractivity contribution in [2.24, 2.45) is 0 Å². The van der Waals surface area contributed by atoms with E-state index in [0.717, 1.165) is 5.56 Å². The summed E-state index contributed by atoms with van der Waals surface area (Å²) >= 11 is 17.9. The van der Waals surface area contributed by atoms with Crippen LogP contribution >= 0.6 is 34.8 Å². The second-order valence-electron chi connectivity index (χ2n) is 5.68. The number of anilines is 1. The van der Waals surface area contributed by atoms with E-state index in [0.29, 0.717) is 27.3 Å². The summed E-state index contributed by atoms with van der Waals surface area (Å²) in [5, 5.41) is 12.6. The van der Waals surface area contributed by atoms with Crippen LogP contribution in [0.4, 0.5) is 5.69 Å². The highest BCUT2D eigenvalue weighted by atomic mass is 35.5. The highest BCUT2D eigenvalue weighted by Gasteiger charge is 2.10. The van der Waals surface area contributed by atoms with E-state index in [9.17, 15) is 9.59 Å². The number of hydrogen-bond acceptors (Lipinski definition) is 3. The van der Waals surface area contributed by atoms with Gasteiger partial charge in [-0.05, 0) is 54.6 Å². The second kappa shape index (κ2) is 8.52. The van der Waals surface area contributed by atoms with Crippen LogP contribution in [0.5, 0.6) is 0 Å². The molecular formula is C20H12Cl3NO4. The molecule has 8 heteroatoms. The van der Waals surface area contributed by atoms with Gasteiger partial charge in [-0.25, -0.2) is 4.79 Å². The van der Waals surface area contributed by atoms with Gasteiger partial charge in [-0.3, -0.25) is 4.79 Å². The van der Waals surface area contributed by atoms with E-state index in [-0.39, 0.29) is 10.6 Å². The number of carboxylic acid groups (broad SMARTS) is 1. The molecule has 3 rings (SSSR count). The highest BCUT2D eigenvalue weighted by molar-refractivity contribution is 6.35. The van der Waals surface area contributed by atoms with Crippen molar-refractivity contribution < 1.29 is 19.1 Å². The zero-order valence-electron chi connectivity index (χ0n) is 14.1. The number of nitrogens with one attached hydrogen (secondary N) is 1. The second-order valence-corrected chi connectivity index (χ2v) is 6.96. The van der Waals surface area contributed by atoms with E-state index in [1.54, 1.807) is 30.3 Å². The van der Waals surface area contributed by atoms with Crippen molar-refractivity contribution in [1.29, 1.82) is 0 Å². The fourth-order valence-corrected chi connectivity index (χ4v) is 3.19. The minimum Gasteiger partial charge on any atom is -0.478 e. The molecule has 0 saturated heterocycles. The Morgan fingerprint density at radius 1 is 0.964 bits per heavy atom. The topological polar surface area (TPSA) is 79.5 Å². The van der Waals surface area contributed by atoms with Gasteiger partial charge in [-0.1, -0.05) is 34.8 Å². The molecule has 1 aromatic heterocycles. The van der Waals surface area contributed by atoms with E-state index in [2.05, 4.69) is 5.32 Å². The smallest absolute Gasteiger partial charge is 0.337 e. The van der Waals surface area contributed by atoms with E-state index >= 15 is 0 Å². The largest absolute Gasteiger partial charge is 0.478 e. The standard InChI is InChI=1S/C20H12Cl3NO4/c21-12-7-11(8-13(22)9-12)18-5-2-15(28-18)3-6-19(25)24-14-1-4-16(20(26)27)17(23)10-14/h1-10H,(H,24,25)(H,26,27)/b6-3+.